The molecule has 1 fully saturated rings. The molecule has 1 heterocycles. The van der Waals surface area contributed by atoms with Gasteiger partial charge in [0.2, 0.25) is 10.0 Å². The molecule has 4 nitrogen and oxygen atoms in total. The molecule has 0 amide bonds. The summed E-state index contributed by atoms with van der Waals surface area (Å²) in [5.41, 5.74) is 0. The maximum Gasteiger partial charge on any atom is 0.211 e. The van der Waals surface area contributed by atoms with Crippen LogP contribution in [-0.4, -0.2) is 167 Å². The van der Waals surface area contributed by atoms with E-state index in [1.807, 2.05) is 0 Å². The van der Waals surface area contributed by atoms with Gasteiger partial charge >= 0.3 is 0 Å². The Hall–Kier alpha value is 0.974. The van der Waals surface area contributed by atoms with E-state index in [0.717, 1.165) is 13.1 Å². The molecule has 0 saturated carbocycles. The van der Waals surface area contributed by atoms with E-state index in [1.54, 1.807) is 0 Å². The summed E-state index contributed by atoms with van der Waals surface area (Å²) in [7, 11) is 49.1. The number of hydrogen-bond donors (Lipinski definition) is 1. The van der Waals surface area contributed by atoms with Gasteiger partial charge in [-0.15, -0.1) is 0 Å². The maximum absolute atomic E-state index is 10.9. The fraction of sp³-hybridized carbons (Fsp3) is 1.00. The van der Waals surface area contributed by atoms with Crippen molar-refractivity contribution in [2.45, 2.75) is 0 Å². The van der Waals surface area contributed by atoms with Crippen molar-refractivity contribution in [1.29, 1.82) is 0 Å². The van der Waals surface area contributed by atoms with E-state index in [1.165, 1.54) is 17.6 Å². The summed E-state index contributed by atoms with van der Waals surface area (Å²) in [5, 5.41) is 3.08. The highest BCUT2D eigenvalue weighted by Gasteiger charge is 2.39. The van der Waals surface area contributed by atoms with Crippen molar-refractivity contribution in [3.05, 3.63) is 0 Å². The quantitative estimate of drug-likeness (QED) is 0.444. The first-order valence-corrected chi connectivity index (χ1v) is 10.4. The Morgan fingerprint density at radius 3 is 1.44 bits per heavy atom. The molecule has 0 aliphatic carbocycles. The minimum Gasteiger partial charge on any atom is -0.314 e. The summed E-state index contributed by atoms with van der Waals surface area (Å²) in [6.07, 6.45) is -3.41. The largest absolute Gasteiger partial charge is 0.314 e. The highest BCUT2D eigenvalue weighted by Crippen LogP contribution is 2.01. The standard InChI is InChI=1S/C5H12N2O2S.B17/c1-10(8,9)7-4-2-6-3-5-7;1-10-15(11(2)3)17(14(8)9)16(12(4)5)13(6)7/h6H,2-5H2,1H3;. The SMILES string of the molecule is CS(=O)(=O)N1CCNCC1.[B][B]B(B([B])[B])B(B([B])[B])B(B([B])[B])B([B])[B]. The molecule has 27 heavy (non-hydrogen) atoms. The topological polar surface area (TPSA) is 49.4 Å². The minimum absolute atomic E-state index is 0.482. The molecule has 1 aliphatic rings. The van der Waals surface area contributed by atoms with Crippen LogP contribution in [0.1, 0.15) is 0 Å². The van der Waals surface area contributed by atoms with Crippen molar-refractivity contribution in [3.8, 4) is 0 Å². The smallest absolute Gasteiger partial charge is 0.211 e. The van der Waals surface area contributed by atoms with Crippen LogP contribution in [0, 0.1) is 0 Å². The lowest BCUT2D eigenvalue weighted by atomic mass is 8.43. The predicted octanol–water partition coefficient (Wildman–Crippen LogP) is -7.62. The third kappa shape index (κ3) is 10.0. The molecule has 0 aromatic carbocycles. The fourth-order valence-electron chi connectivity index (χ4n) is 3.03. The van der Waals surface area contributed by atoms with E-state index < -0.39 is 54.7 Å². The second kappa shape index (κ2) is 13.3. The van der Waals surface area contributed by atoms with Crippen molar-refractivity contribution >= 4 is 131 Å². The second-order valence-electron chi connectivity index (χ2n) is 6.65. The average molecular weight is 348 g/mol. The zero-order valence-electron chi connectivity index (χ0n) is 15.8. The van der Waals surface area contributed by atoms with E-state index in [4.69, 9.17) is 69.6 Å². The third-order valence-corrected chi connectivity index (χ3v) is 5.74. The van der Waals surface area contributed by atoms with Crippen LogP contribution < -0.4 is 5.32 Å². The molecule has 0 aromatic heterocycles. The molecule has 1 N–H and O–H groups in total. The van der Waals surface area contributed by atoms with Crippen molar-refractivity contribution < 1.29 is 8.42 Å². The van der Waals surface area contributed by atoms with Gasteiger partial charge in [0.25, 0.3) is 0 Å². The molecule has 1 rings (SSSR count). The molecule has 0 aromatic rings. The molecule has 1 saturated heterocycles. The number of piperazine rings is 1. The Bertz CT molecular complexity index is 490. The highest BCUT2D eigenvalue weighted by molar-refractivity contribution is 8.15. The molecule has 0 unspecified atom stereocenters. The molecule has 0 spiro atoms. The molecule has 1 aliphatic heterocycles. The summed E-state index contributed by atoms with van der Waals surface area (Å²) in [6, 6.07) is 0. The van der Waals surface area contributed by atoms with Crippen LogP contribution in [0.4, 0.5) is 0 Å². The Morgan fingerprint density at radius 2 is 1.22 bits per heavy atom. The number of rotatable bonds is 8. The van der Waals surface area contributed by atoms with E-state index >= 15 is 0 Å². The van der Waals surface area contributed by atoms with E-state index in [0.29, 0.717) is 13.1 Å². The second-order valence-corrected chi connectivity index (χ2v) is 8.63. The zero-order valence-corrected chi connectivity index (χ0v) is 16.6. The van der Waals surface area contributed by atoms with Crippen LogP contribution in [0.5, 0.6) is 0 Å². The maximum atomic E-state index is 10.9. The van der Waals surface area contributed by atoms with Crippen LogP contribution in [0.25, 0.3) is 0 Å². The van der Waals surface area contributed by atoms with Crippen LogP contribution in [0.15, 0.2) is 0 Å². The van der Waals surface area contributed by atoms with E-state index in [-0.39, 0.29) is 0 Å². The van der Waals surface area contributed by atoms with Gasteiger partial charge < -0.3 is 5.32 Å². The lowest BCUT2D eigenvalue weighted by molar-refractivity contribution is 0.363. The highest BCUT2D eigenvalue weighted by atomic mass is 32.2. The lowest BCUT2D eigenvalue weighted by Gasteiger charge is -2.38. The lowest BCUT2D eigenvalue weighted by Crippen LogP contribution is -2.76. The first-order valence-electron chi connectivity index (χ1n) is 8.60. The normalized spacial score (nSPS) is 14.1. The predicted molar refractivity (Wildman–Crippen MR) is 137 cm³/mol. The minimum atomic E-state index is -2.93. The molecule has 0 bridgehead atoms. The summed E-state index contributed by atoms with van der Waals surface area (Å²) in [5.74, 6) is 0. The van der Waals surface area contributed by atoms with Crippen molar-refractivity contribution in [2.24, 2.45) is 0 Å². The molecule has 111 valence electrons. The fourth-order valence-corrected chi connectivity index (χ4v) is 3.87. The summed E-state index contributed by atoms with van der Waals surface area (Å²) in [6.45, 7) is 2.76. The zero-order chi connectivity index (χ0) is 21.4. The van der Waals surface area contributed by atoms with Crippen LogP contribution in [-0.2, 0) is 10.0 Å². The third-order valence-electron chi connectivity index (χ3n) is 4.43. The number of nitrogens with zero attached hydrogens (tertiary/aromatic N) is 1. The van der Waals surface area contributed by atoms with Crippen LogP contribution >= 0.6 is 0 Å². The van der Waals surface area contributed by atoms with Crippen molar-refractivity contribution in [3.63, 3.8) is 0 Å². The van der Waals surface area contributed by atoms with Crippen molar-refractivity contribution in [1.82, 2.24) is 9.62 Å². The number of nitrogens with one attached hydrogen (secondary N) is 1. The Balaban J connectivity index is 0.000000569. The number of hydrogen-bond acceptors (Lipinski definition) is 3. The Morgan fingerprint density at radius 1 is 0.815 bits per heavy atom. The van der Waals surface area contributed by atoms with Gasteiger partial charge in [0, 0.05) is 148 Å². The van der Waals surface area contributed by atoms with Gasteiger partial charge in [-0.2, -0.15) is 4.31 Å². The van der Waals surface area contributed by atoms with Gasteiger partial charge in [-0.05, 0) is 0 Å². The van der Waals surface area contributed by atoms with Crippen molar-refractivity contribution in [2.75, 3.05) is 32.4 Å². The molecular weight excluding hydrogens is 336 g/mol. The van der Waals surface area contributed by atoms with Gasteiger partial charge in [0.15, 0.2) is 0 Å². The average Bonchev–Trinajstić information content (AvgIpc) is 2.54. The summed E-state index contributed by atoms with van der Waals surface area (Å²) in [4.78, 5) is 0. The monoisotopic (exact) mass is 351 g/mol. The van der Waals surface area contributed by atoms with Gasteiger partial charge in [0.05, 0.1) is 6.26 Å². The molecule has 22 heteroatoms. The molecule has 19 radical (unpaired) electrons. The molecule has 0 atom stereocenters. The summed E-state index contributed by atoms with van der Waals surface area (Å²) < 4.78 is 23.3. The summed E-state index contributed by atoms with van der Waals surface area (Å²) >= 11 is 0. The van der Waals surface area contributed by atoms with Crippen LogP contribution in [0.3, 0.4) is 0 Å². The molecular formula is C5H12B17N2O2S. The number of sulfonamides is 1. The van der Waals surface area contributed by atoms with E-state index in [9.17, 15) is 8.42 Å². The Labute approximate surface area is 181 Å². The van der Waals surface area contributed by atoms with Crippen LogP contribution in [0.2, 0.25) is 0 Å². The first kappa shape index (κ1) is 28.0. The first-order chi connectivity index (χ1) is 12.3. The van der Waals surface area contributed by atoms with Gasteiger partial charge in [-0.3, -0.25) is 0 Å². The Kier molecular flexibility index (Phi) is 13.8. The van der Waals surface area contributed by atoms with E-state index in [2.05, 4.69) is 5.32 Å². The van der Waals surface area contributed by atoms with Gasteiger partial charge in [-0.25, -0.2) is 8.42 Å². The van der Waals surface area contributed by atoms with Gasteiger partial charge in [-0.1, -0.05) is 0 Å². The van der Waals surface area contributed by atoms with Gasteiger partial charge in [0.1, 0.15) is 0 Å².